The smallest absolute Gasteiger partial charge is 0.276 e. The molecule has 7 heteroatoms. The maximum atomic E-state index is 11.4. The van der Waals surface area contributed by atoms with Gasteiger partial charge in [0, 0.05) is 11.4 Å². The van der Waals surface area contributed by atoms with Gasteiger partial charge in [0.2, 0.25) is 5.91 Å². The fourth-order valence-corrected chi connectivity index (χ4v) is 1.28. The molecule has 0 aromatic heterocycles. The van der Waals surface area contributed by atoms with E-state index in [9.17, 15) is 13.2 Å². The molecule has 0 aliphatic rings. The minimum absolute atomic E-state index is 0.412. The summed E-state index contributed by atoms with van der Waals surface area (Å²) in [6, 6.07) is 6.19. The first-order chi connectivity index (χ1) is 7.30. The van der Waals surface area contributed by atoms with Crippen LogP contribution in [0.15, 0.2) is 24.3 Å². The lowest BCUT2D eigenvalue weighted by Crippen LogP contribution is -2.32. The van der Waals surface area contributed by atoms with Gasteiger partial charge in [-0.1, -0.05) is 0 Å². The lowest BCUT2D eigenvalue weighted by molar-refractivity contribution is -0.115. The Balaban J connectivity index is 2.76. The Hall–Kier alpha value is -1.60. The summed E-state index contributed by atoms with van der Waals surface area (Å²) in [4.78, 5) is 11.4. The molecule has 1 unspecified atom stereocenters. The molecule has 1 amide bonds. The van der Waals surface area contributed by atoms with Gasteiger partial charge in [-0.3, -0.25) is 9.35 Å². The van der Waals surface area contributed by atoms with Crippen LogP contribution in [0.1, 0.15) is 6.92 Å². The molecule has 0 bridgehead atoms. The summed E-state index contributed by atoms with van der Waals surface area (Å²) < 4.78 is 30.1. The molecular formula is C9H12N2O4S. The minimum Gasteiger partial charge on any atom is -0.399 e. The number of hydrogen-bond donors (Lipinski definition) is 3. The van der Waals surface area contributed by atoms with Crippen molar-refractivity contribution in [2.45, 2.75) is 12.2 Å². The SMILES string of the molecule is CC(C(=O)Nc1ccc(N)cc1)S(=O)(=O)O. The van der Waals surface area contributed by atoms with E-state index in [1.165, 1.54) is 12.1 Å². The van der Waals surface area contributed by atoms with Gasteiger partial charge in [0.15, 0.2) is 5.25 Å². The Morgan fingerprint density at radius 1 is 1.38 bits per heavy atom. The van der Waals surface area contributed by atoms with Crippen molar-refractivity contribution in [1.82, 2.24) is 0 Å². The highest BCUT2D eigenvalue weighted by Crippen LogP contribution is 2.11. The molecule has 1 aromatic rings. The molecule has 1 aromatic carbocycles. The zero-order valence-corrected chi connectivity index (χ0v) is 9.36. The number of nitrogens with one attached hydrogen (secondary N) is 1. The van der Waals surface area contributed by atoms with Crippen LogP contribution in [0.2, 0.25) is 0 Å². The lowest BCUT2D eigenvalue weighted by atomic mass is 10.3. The molecular weight excluding hydrogens is 232 g/mol. The predicted molar refractivity (Wildman–Crippen MR) is 60.5 cm³/mol. The van der Waals surface area contributed by atoms with Crippen LogP contribution in [0.4, 0.5) is 11.4 Å². The summed E-state index contributed by atoms with van der Waals surface area (Å²) >= 11 is 0. The molecule has 4 N–H and O–H groups in total. The normalized spacial score (nSPS) is 13.1. The summed E-state index contributed by atoms with van der Waals surface area (Å²) in [6.45, 7) is 1.10. The second-order valence-corrected chi connectivity index (χ2v) is 5.01. The van der Waals surface area contributed by atoms with Crippen LogP contribution in [0.25, 0.3) is 0 Å². The number of hydrogen-bond acceptors (Lipinski definition) is 4. The topological polar surface area (TPSA) is 109 Å². The Morgan fingerprint density at radius 2 is 1.88 bits per heavy atom. The van der Waals surface area contributed by atoms with Crippen molar-refractivity contribution in [2.75, 3.05) is 11.1 Å². The number of benzene rings is 1. The van der Waals surface area contributed by atoms with Gasteiger partial charge >= 0.3 is 0 Å². The van der Waals surface area contributed by atoms with E-state index in [0.29, 0.717) is 11.4 Å². The first-order valence-corrected chi connectivity index (χ1v) is 5.94. The first kappa shape index (κ1) is 12.5. The number of carbonyl (C=O) groups is 1. The van der Waals surface area contributed by atoms with Crippen molar-refractivity contribution >= 4 is 27.4 Å². The zero-order chi connectivity index (χ0) is 12.3. The molecule has 0 heterocycles. The van der Waals surface area contributed by atoms with Gasteiger partial charge in [-0.15, -0.1) is 0 Å². The van der Waals surface area contributed by atoms with Crippen LogP contribution in [-0.2, 0) is 14.9 Å². The standard InChI is InChI=1S/C9H12N2O4S/c1-6(16(13,14)15)9(12)11-8-4-2-7(10)3-5-8/h2-6H,10H2,1H3,(H,11,12)(H,13,14,15). The monoisotopic (exact) mass is 244 g/mol. The summed E-state index contributed by atoms with van der Waals surface area (Å²) in [5, 5.41) is 0.833. The van der Waals surface area contributed by atoms with Crippen molar-refractivity contribution in [3.05, 3.63) is 24.3 Å². The predicted octanol–water partition coefficient (Wildman–Crippen LogP) is 0.484. The summed E-state index contributed by atoms with van der Waals surface area (Å²) in [6.07, 6.45) is 0. The zero-order valence-electron chi connectivity index (χ0n) is 8.54. The third-order valence-corrected chi connectivity index (χ3v) is 3.10. The van der Waals surface area contributed by atoms with Crippen LogP contribution < -0.4 is 11.1 Å². The summed E-state index contributed by atoms with van der Waals surface area (Å²) in [7, 11) is -4.37. The van der Waals surface area contributed by atoms with Gasteiger partial charge in [0.1, 0.15) is 0 Å². The van der Waals surface area contributed by atoms with Crippen molar-refractivity contribution in [1.29, 1.82) is 0 Å². The number of nitrogen functional groups attached to an aromatic ring is 1. The minimum atomic E-state index is -4.37. The van der Waals surface area contributed by atoms with Gasteiger partial charge in [-0.25, -0.2) is 0 Å². The van der Waals surface area contributed by atoms with E-state index < -0.39 is 21.3 Å². The molecule has 0 aliphatic heterocycles. The lowest BCUT2D eigenvalue weighted by Gasteiger charge is -2.09. The quantitative estimate of drug-likeness (QED) is 0.529. The van der Waals surface area contributed by atoms with Crippen LogP contribution >= 0.6 is 0 Å². The van der Waals surface area contributed by atoms with Gasteiger partial charge in [-0.2, -0.15) is 8.42 Å². The van der Waals surface area contributed by atoms with Gasteiger partial charge < -0.3 is 11.1 Å². The van der Waals surface area contributed by atoms with Crippen LogP contribution in [-0.4, -0.2) is 24.1 Å². The van der Waals surface area contributed by atoms with Gasteiger partial charge in [-0.05, 0) is 31.2 Å². The highest BCUT2D eigenvalue weighted by Gasteiger charge is 2.25. The number of amides is 1. The van der Waals surface area contributed by atoms with Crippen LogP contribution in [0, 0.1) is 0 Å². The van der Waals surface area contributed by atoms with E-state index in [0.717, 1.165) is 6.92 Å². The Kier molecular flexibility index (Phi) is 3.51. The van der Waals surface area contributed by atoms with Crippen LogP contribution in [0.3, 0.4) is 0 Å². The molecule has 0 saturated heterocycles. The molecule has 1 rings (SSSR count). The largest absolute Gasteiger partial charge is 0.399 e. The van der Waals surface area contributed by atoms with Gasteiger partial charge in [0.05, 0.1) is 0 Å². The number of anilines is 2. The van der Waals surface area contributed by atoms with E-state index >= 15 is 0 Å². The van der Waals surface area contributed by atoms with E-state index in [1.807, 2.05) is 0 Å². The molecule has 0 radical (unpaired) electrons. The first-order valence-electron chi connectivity index (χ1n) is 4.43. The molecule has 0 spiro atoms. The fourth-order valence-electron chi connectivity index (χ4n) is 0.946. The van der Waals surface area contributed by atoms with E-state index in [2.05, 4.69) is 5.32 Å². The maximum Gasteiger partial charge on any atom is 0.276 e. The highest BCUT2D eigenvalue weighted by atomic mass is 32.2. The van der Waals surface area contributed by atoms with E-state index in [-0.39, 0.29) is 0 Å². The summed E-state index contributed by atoms with van der Waals surface area (Å²) in [5.74, 6) is -0.799. The Bertz CT molecular complexity index is 481. The Morgan fingerprint density at radius 3 is 2.31 bits per heavy atom. The highest BCUT2D eigenvalue weighted by molar-refractivity contribution is 7.87. The molecule has 16 heavy (non-hydrogen) atoms. The van der Waals surface area contributed by atoms with Crippen molar-refractivity contribution in [3.8, 4) is 0 Å². The second-order valence-electron chi connectivity index (χ2n) is 3.27. The van der Waals surface area contributed by atoms with Crippen molar-refractivity contribution < 1.29 is 17.8 Å². The maximum absolute atomic E-state index is 11.4. The van der Waals surface area contributed by atoms with Crippen molar-refractivity contribution in [3.63, 3.8) is 0 Å². The Labute approximate surface area is 93.2 Å². The van der Waals surface area contributed by atoms with Gasteiger partial charge in [0.25, 0.3) is 10.1 Å². The molecule has 6 nitrogen and oxygen atoms in total. The molecule has 88 valence electrons. The molecule has 0 fully saturated rings. The van der Waals surface area contributed by atoms with E-state index in [4.69, 9.17) is 10.3 Å². The van der Waals surface area contributed by atoms with Crippen molar-refractivity contribution in [2.24, 2.45) is 0 Å². The molecule has 1 atom stereocenters. The third kappa shape index (κ3) is 3.21. The number of rotatable bonds is 3. The van der Waals surface area contributed by atoms with Crippen LogP contribution in [0.5, 0.6) is 0 Å². The average molecular weight is 244 g/mol. The number of carbonyl (C=O) groups excluding carboxylic acids is 1. The third-order valence-electron chi connectivity index (χ3n) is 1.99. The average Bonchev–Trinajstić information content (AvgIpc) is 2.19. The fraction of sp³-hybridized carbons (Fsp3) is 0.222. The van der Waals surface area contributed by atoms with E-state index in [1.54, 1.807) is 12.1 Å². The molecule has 0 aliphatic carbocycles. The second kappa shape index (κ2) is 4.50. The summed E-state index contributed by atoms with van der Waals surface area (Å²) in [5.41, 5.74) is 6.38. The number of nitrogens with two attached hydrogens (primary N) is 1. The molecule has 0 saturated carbocycles.